The number of aromatic nitrogens is 8. The number of H-pyrrole nitrogens is 1. The number of allylic oxidation sites excluding steroid dienone is 1. The molecular weight excluding hydrogens is 955 g/mol. The van der Waals surface area contributed by atoms with Crippen LogP contribution in [0.1, 0.15) is 102 Å². The molecule has 0 saturated carbocycles. The van der Waals surface area contributed by atoms with Gasteiger partial charge in [-0.2, -0.15) is 0 Å². The Labute approximate surface area is 426 Å². The average Bonchev–Trinajstić information content (AvgIpc) is 4.26. The van der Waals surface area contributed by atoms with E-state index < -0.39 is 54.7 Å². The predicted octanol–water partition coefficient (Wildman–Crippen LogP) is 4.11. The van der Waals surface area contributed by atoms with E-state index in [1.54, 1.807) is 37.8 Å². The molecule has 0 radical (unpaired) electrons. The topological polar surface area (TPSA) is 283 Å². The van der Waals surface area contributed by atoms with Gasteiger partial charge in [-0.15, -0.1) is 10.2 Å². The van der Waals surface area contributed by atoms with Crippen LogP contribution < -0.4 is 10.6 Å². The monoisotopic (exact) mass is 1020 g/mol. The van der Waals surface area contributed by atoms with Crippen LogP contribution in [0.3, 0.4) is 0 Å². The minimum Gasteiger partial charge on any atom is -0.459 e. The number of nitrogens with one attached hydrogen (secondary N) is 3. The number of ether oxygens (including phenoxy) is 3. The summed E-state index contributed by atoms with van der Waals surface area (Å²) >= 11 is 0. The lowest BCUT2D eigenvalue weighted by Gasteiger charge is -2.31. The Bertz CT molecular complexity index is 2920. The van der Waals surface area contributed by atoms with Crippen molar-refractivity contribution in [2.45, 2.75) is 110 Å². The molecular formula is C51H61N13O10. The van der Waals surface area contributed by atoms with E-state index in [4.69, 9.17) is 24.2 Å². The first-order chi connectivity index (χ1) is 35.5. The first-order valence-corrected chi connectivity index (χ1v) is 24.5. The zero-order valence-electron chi connectivity index (χ0n) is 42.3. The molecule has 2 aromatic carbocycles. The lowest BCUT2D eigenvalue weighted by Crippen LogP contribution is -2.53. The number of benzene rings is 2. The molecule has 8 rings (SSSR count). The third kappa shape index (κ3) is 11.9. The number of aliphatic hydroxyl groups is 1. The molecule has 23 heteroatoms. The van der Waals surface area contributed by atoms with Gasteiger partial charge >= 0.3 is 18.0 Å². The van der Waals surface area contributed by atoms with Crippen molar-refractivity contribution in [2.75, 3.05) is 26.8 Å². The second-order valence-corrected chi connectivity index (χ2v) is 19.3. The number of nitrogens with zero attached hydrogens (tertiary/aromatic N) is 10. The standard InChI is InChI=1S/C51H61N13O10/c1-28(2)46(55-45(68)25-65)49(69)62-24-40(64-22-38(58-60-64)27-74-31(6)67)18-44(62)48-53-20-42(54-48)35-14-12-33(13-15-35)32-8-10-34(11-9-32)36-16-41(52-19-36)43-17-39(63-21-37(57-59-63)26-73-30(5)66)23-61(43)50(70)47(29(3)4)56-51(71)72-7/h8-15,19-22,28-29,39-40,43-44,46-47,65H,16-18,23-27H2,1-7H3,(H,53,54)(H,55,68)(H,56,71)/t39-,40-,43?,44?,46-,47-/m0/s1. The Morgan fingerprint density at radius 3 is 1.73 bits per heavy atom. The number of likely N-dealkylation sites (tertiary alicyclic amines) is 2. The van der Waals surface area contributed by atoms with Crippen LogP contribution in [0, 0.1) is 11.8 Å². The molecule has 5 aromatic rings. The van der Waals surface area contributed by atoms with Gasteiger partial charge in [0.1, 0.15) is 49.1 Å². The van der Waals surface area contributed by atoms with Crippen molar-refractivity contribution >= 4 is 47.0 Å². The average molecular weight is 1020 g/mol. The maximum absolute atomic E-state index is 14.3. The van der Waals surface area contributed by atoms with Crippen molar-refractivity contribution < 1.29 is 48.1 Å². The van der Waals surface area contributed by atoms with Crippen molar-refractivity contribution in [1.29, 1.82) is 0 Å². The summed E-state index contributed by atoms with van der Waals surface area (Å²) in [5.74, 6) is -2.10. The molecule has 390 valence electrons. The van der Waals surface area contributed by atoms with Gasteiger partial charge in [0, 0.05) is 45.3 Å². The van der Waals surface area contributed by atoms with E-state index in [2.05, 4.69) is 36.2 Å². The van der Waals surface area contributed by atoms with Gasteiger partial charge in [0.15, 0.2) is 0 Å². The van der Waals surface area contributed by atoms with E-state index in [0.717, 1.165) is 39.2 Å². The van der Waals surface area contributed by atoms with Gasteiger partial charge in [-0.3, -0.25) is 29.0 Å². The van der Waals surface area contributed by atoms with Crippen molar-refractivity contribution in [3.63, 3.8) is 0 Å². The summed E-state index contributed by atoms with van der Waals surface area (Å²) in [6.07, 6.45) is 7.68. The van der Waals surface area contributed by atoms with E-state index in [1.807, 2.05) is 82.4 Å². The highest BCUT2D eigenvalue weighted by Crippen LogP contribution is 2.39. The minimum atomic E-state index is -0.901. The third-order valence-electron chi connectivity index (χ3n) is 13.5. The van der Waals surface area contributed by atoms with Crippen LogP contribution in [0.4, 0.5) is 4.79 Å². The van der Waals surface area contributed by atoms with Gasteiger partial charge in [-0.25, -0.2) is 19.1 Å². The van der Waals surface area contributed by atoms with Crippen LogP contribution in [0.25, 0.3) is 28.0 Å². The first kappa shape index (κ1) is 52.2. The highest BCUT2D eigenvalue weighted by Gasteiger charge is 2.45. The molecule has 2 unspecified atom stereocenters. The summed E-state index contributed by atoms with van der Waals surface area (Å²) in [4.78, 5) is 92.4. The Morgan fingerprint density at radius 1 is 0.716 bits per heavy atom. The van der Waals surface area contributed by atoms with Crippen molar-refractivity contribution in [3.05, 3.63) is 96.1 Å². The second kappa shape index (κ2) is 22.8. The molecule has 0 spiro atoms. The molecule has 3 aliphatic rings. The van der Waals surface area contributed by atoms with Crippen molar-refractivity contribution in [2.24, 2.45) is 16.8 Å². The molecule has 0 aliphatic carbocycles. The Morgan fingerprint density at radius 2 is 1.22 bits per heavy atom. The highest BCUT2D eigenvalue weighted by molar-refractivity contribution is 6.04. The van der Waals surface area contributed by atoms with Crippen LogP contribution in [-0.2, 0) is 51.4 Å². The molecule has 74 heavy (non-hydrogen) atoms. The maximum atomic E-state index is 14.3. The quantitative estimate of drug-likeness (QED) is 0.0710. The number of aliphatic imine (C=N–C) groups is 1. The predicted molar refractivity (Wildman–Crippen MR) is 266 cm³/mol. The second-order valence-electron chi connectivity index (χ2n) is 19.3. The number of alkyl carbamates (subject to hydrolysis) is 1. The largest absolute Gasteiger partial charge is 0.459 e. The van der Waals surface area contributed by atoms with E-state index >= 15 is 0 Å². The van der Waals surface area contributed by atoms with E-state index in [-0.39, 0.29) is 62.0 Å². The van der Waals surface area contributed by atoms with E-state index in [9.17, 15) is 33.9 Å². The van der Waals surface area contributed by atoms with Gasteiger partial charge in [-0.1, -0.05) is 86.7 Å². The summed E-state index contributed by atoms with van der Waals surface area (Å²) in [5.41, 5.74) is 7.27. The van der Waals surface area contributed by atoms with E-state index in [0.29, 0.717) is 36.5 Å². The number of methoxy groups -OCH3 is 1. The summed E-state index contributed by atoms with van der Waals surface area (Å²) in [7, 11) is 1.26. The molecule has 2 saturated heterocycles. The number of esters is 2. The van der Waals surface area contributed by atoms with Crippen molar-refractivity contribution in [1.82, 2.24) is 60.4 Å². The van der Waals surface area contributed by atoms with Gasteiger partial charge in [0.05, 0.1) is 55.6 Å². The summed E-state index contributed by atoms with van der Waals surface area (Å²) < 4.78 is 18.4. The van der Waals surface area contributed by atoms with Crippen molar-refractivity contribution in [3.8, 4) is 22.4 Å². The number of amides is 4. The summed E-state index contributed by atoms with van der Waals surface area (Å²) in [6.45, 7) is 9.70. The number of hydrogen-bond donors (Lipinski definition) is 4. The number of aliphatic hydroxyl groups excluding tert-OH is 1. The first-order valence-electron chi connectivity index (χ1n) is 24.5. The number of hydrogen-bond acceptors (Lipinski definition) is 16. The van der Waals surface area contributed by atoms with Gasteiger partial charge in [-0.05, 0) is 52.5 Å². The summed E-state index contributed by atoms with van der Waals surface area (Å²) in [5, 5.41) is 31.7. The third-order valence-corrected chi connectivity index (χ3v) is 13.5. The number of aromatic amines is 1. The minimum absolute atomic E-state index is 0.0227. The summed E-state index contributed by atoms with van der Waals surface area (Å²) in [6, 6.07) is 13.0. The lowest BCUT2D eigenvalue weighted by molar-refractivity contribution is -0.143. The number of imidazole rings is 1. The Hall–Kier alpha value is -8.08. The normalized spacial score (nSPS) is 19.3. The molecule has 2 fully saturated rings. The van der Waals surface area contributed by atoms with Gasteiger partial charge < -0.3 is 44.7 Å². The lowest BCUT2D eigenvalue weighted by atomic mass is 9.95. The number of carbonyl (C=O) groups is 6. The number of carbonyl (C=O) groups excluding carboxylic acids is 6. The molecule has 0 bridgehead atoms. The van der Waals surface area contributed by atoms with Crippen LogP contribution >= 0.6 is 0 Å². The maximum Gasteiger partial charge on any atom is 0.407 e. The zero-order valence-corrected chi connectivity index (χ0v) is 42.3. The fourth-order valence-electron chi connectivity index (χ4n) is 9.53. The molecule has 23 nitrogen and oxygen atoms in total. The van der Waals surface area contributed by atoms with Crippen LogP contribution in [-0.4, -0.2) is 141 Å². The molecule has 3 aromatic heterocycles. The van der Waals surface area contributed by atoms with Gasteiger partial charge in [0.2, 0.25) is 17.7 Å². The fourth-order valence-corrected chi connectivity index (χ4v) is 9.53. The number of rotatable bonds is 18. The molecule has 6 heterocycles. The Balaban J connectivity index is 0.952. The zero-order chi connectivity index (χ0) is 52.8. The molecule has 3 aliphatic heterocycles. The fraction of sp³-hybridized carbons (Fsp3) is 0.451. The Kier molecular flexibility index (Phi) is 16.1. The van der Waals surface area contributed by atoms with Gasteiger partial charge in [0.25, 0.3) is 0 Å². The van der Waals surface area contributed by atoms with E-state index in [1.165, 1.54) is 21.0 Å². The molecule has 4 amide bonds. The van der Waals surface area contributed by atoms with Crippen LogP contribution in [0.5, 0.6) is 0 Å². The van der Waals surface area contributed by atoms with Crippen LogP contribution in [0.2, 0.25) is 0 Å². The smallest absolute Gasteiger partial charge is 0.407 e. The molecule has 6 atom stereocenters. The SMILES string of the molecule is COC(=O)N[C@H](C(=O)N1C[C@@H](n2cc(COC(C)=O)nn2)CC1C1=NC=C(c2ccc(-c3ccc(-c4cnc(C5C[C@H](n6cc(COC(C)=O)nn6)CN5C(=O)[C@@H](NC(=O)CO)C(C)C)[nH]4)cc3)cc2)C1)C(C)C. The molecule has 4 N–H and O–H groups in total. The van der Waals surface area contributed by atoms with Crippen LogP contribution in [0.15, 0.2) is 78.3 Å². The highest BCUT2D eigenvalue weighted by atomic mass is 16.5.